The van der Waals surface area contributed by atoms with E-state index in [0.29, 0.717) is 36.5 Å². The van der Waals surface area contributed by atoms with Gasteiger partial charge in [-0.05, 0) is 93.1 Å². The molecule has 1 saturated heterocycles. The van der Waals surface area contributed by atoms with Crippen LogP contribution >= 0.6 is 0 Å². The van der Waals surface area contributed by atoms with Gasteiger partial charge in [0.2, 0.25) is 0 Å². The van der Waals surface area contributed by atoms with Gasteiger partial charge in [0.05, 0.1) is 11.6 Å². The number of likely N-dealkylation sites (tertiary alicyclic amines) is 1. The lowest BCUT2D eigenvalue weighted by atomic mass is 9.99. The van der Waals surface area contributed by atoms with Crippen LogP contribution in [0, 0.1) is 25.2 Å². The number of hydrogen-bond donors (Lipinski definition) is 2. The molecule has 42 heavy (non-hydrogen) atoms. The van der Waals surface area contributed by atoms with Gasteiger partial charge in [0.25, 0.3) is 5.91 Å². The van der Waals surface area contributed by atoms with E-state index in [1.165, 1.54) is 0 Å². The molecule has 3 aromatic rings. The Hall–Kier alpha value is -4.35. The number of carboxylic acids is 1. The SMILES string of the molecule is Cc1cccc(C)c1C(=O)NCCC(C)N1CCC(N(Cc2cccc(C#N)c2)c2ccc(OCC(=O)O)cc2)CC1. The number of hydrogen-bond acceptors (Lipinski definition) is 6. The molecule has 1 aliphatic rings. The summed E-state index contributed by atoms with van der Waals surface area (Å²) in [5, 5.41) is 21.4. The smallest absolute Gasteiger partial charge is 0.341 e. The first-order chi connectivity index (χ1) is 20.2. The maximum atomic E-state index is 12.8. The number of nitriles is 1. The van der Waals surface area contributed by atoms with E-state index in [9.17, 15) is 14.9 Å². The number of nitrogens with one attached hydrogen (secondary N) is 1. The van der Waals surface area contributed by atoms with Crippen molar-refractivity contribution in [3.63, 3.8) is 0 Å². The summed E-state index contributed by atoms with van der Waals surface area (Å²) in [7, 11) is 0. The highest BCUT2D eigenvalue weighted by Crippen LogP contribution is 2.29. The summed E-state index contributed by atoms with van der Waals surface area (Å²) < 4.78 is 5.33. The van der Waals surface area contributed by atoms with Crippen LogP contribution in [0.4, 0.5) is 5.69 Å². The Balaban J connectivity index is 1.37. The molecular formula is C34H40N4O4. The number of carboxylic acid groups (broad SMARTS) is 1. The summed E-state index contributed by atoms with van der Waals surface area (Å²) in [4.78, 5) is 28.5. The molecule has 1 fully saturated rings. The highest BCUT2D eigenvalue weighted by molar-refractivity contribution is 5.97. The average Bonchev–Trinajstić information content (AvgIpc) is 2.99. The molecule has 0 spiro atoms. The van der Waals surface area contributed by atoms with Crippen molar-refractivity contribution in [2.75, 3.05) is 31.1 Å². The molecule has 1 atom stereocenters. The molecule has 1 aliphatic heterocycles. The van der Waals surface area contributed by atoms with E-state index in [1.54, 1.807) is 12.1 Å². The lowest BCUT2D eigenvalue weighted by Gasteiger charge is -2.42. The van der Waals surface area contributed by atoms with Crippen LogP contribution in [0.2, 0.25) is 0 Å². The number of carbonyl (C=O) groups excluding carboxylic acids is 1. The molecule has 1 heterocycles. The number of piperidine rings is 1. The fraction of sp³-hybridized carbons (Fsp3) is 0.382. The maximum absolute atomic E-state index is 12.8. The van der Waals surface area contributed by atoms with Gasteiger partial charge in [-0.15, -0.1) is 0 Å². The number of benzene rings is 3. The summed E-state index contributed by atoms with van der Waals surface area (Å²) >= 11 is 0. The monoisotopic (exact) mass is 568 g/mol. The van der Waals surface area contributed by atoms with E-state index >= 15 is 0 Å². The molecule has 8 nitrogen and oxygen atoms in total. The van der Waals surface area contributed by atoms with Crippen molar-refractivity contribution < 1.29 is 19.4 Å². The molecule has 8 heteroatoms. The molecule has 1 unspecified atom stereocenters. The van der Waals surface area contributed by atoms with Crippen LogP contribution in [0.25, 0.3) is 0 Å². The van der Waals surface area contributed by atoms with Gasteiger partial charge in [-0.1, -0.05) is 30.3 Å². The Kier molecular flexibility index (Phi) is 10.6. The predicted octanol–water partition coefficient (Wildman–Crippen LogP) is 5.32. The van der Waals surface area contributed by atoms with Crippen LogP contribution in [0.3, 0.4) is 0 Å². The molecule has 2 N–H and O–H groups in total. The molecule has 220 valence electrons. The van der Waals surface area contributed by atoms with E-state index in [0.717, 1.165) is 60.3 Å². The molecule has 0 aromatic heterocycles. The second-order valence-electron chi connectivity index (χ2n) is 11.0. The number of rotatable bonds is 12. The lowest BCUT2D eigenvalue weighted by molar-refractivity contribution is -0.139. The number of anilines is 1. The van der Waals surface area contributed by atoms with Crippen molar-refractivity contribution in [2.45, 2.75) is 58.7 Å². The van der Waals surface area contributed by atoms with Crippen molar-refractivity contribution in [1.29, 1.82) is 5.26 Å². The highest BCUT2D eigenvalue weighted by Gasteiger charge is 2.27. The topological polar surface area (TPSA) is 106 Å². The average molecular weight is 569 g/mol. The van der Waals surface area contributed by atoms with E-state index in [2.05, 4.69) is 28.1 Å². The summed E-state index contributed by atoms with van der Waals surface area (Å²) in [5.74, 6) is -0.504. The fourth-order valence-corrected chi connectivity index (χ4v) is 5.72. The van der Waals surface area contributed by atoms with E-state index in [4.69, 9.17) is 9.84 Å². The molecule has 0 saturated carbocycles. The number of ether oxygens (including phenoxy) is 1. The van der Waals surface area contributed by atoms with Crippen molar-refractivity contribution in [3.05, 3.63) is 94.5 Å². The van der Waals surface area contributed by atoms with Gasteiger partial charge in [0.15, 0.2) is 6.61 Å². The van der Waals surface area contributed by atoms with Gasteiger partial charge >= 0.3 is 5.97 Å². The molecule has 0 bridgehead atoms. The van der Waals surface area contributed by atoms with Crippen molar-refractivity contribution >= 4 is 17.6 Å². The normalized spacial score (nSPS) is 14.5. The minimum atomic E-state index is -1.01. The van der Waals surface area contributed by atoms with Crippen LogP contribution in [-0.2, 0) is 11.3 Å². The zero-order valence-corrected chi connectivity index (χ0v) is 24.7. The molecule has 4 rings (SSSR count). The van der Waals surface area contributed by atoms with Crippen LogP contribution in [0.1, 0.15) is 58.8 Å². The number of amides is 1. The van der Waals surface area contributed by atoms with Crippen molar-refractivity contribution in [3.8, 4) is 11.8 Å². The molecule has 0 radical (unpaired) electrons. The standard InChI is InChI=1S/C34H40N4O4/c1-24-6-4-7-25(2)33(24)34(41)36-17-14-26(3)37-18-15-30(16-19-37)38(22-28-9-5-8-27(20-28)21-35)29-10-12-31(13-11-29)42-23-32(39)40/h4-13,20,26,30H,14-19,22-23H2,1-3H3,(H,36,41)(H,39,40). The maximum Gasteiger partial charge on any atom is 0.341 e. The summed E-state index contributed by atoms with van der Waals surface area (Å²) in [6, 6.07) is 24.1. The third-order valence-electron chi connectivity index (χ3n) is 8.06. The van der Waals surface area contributed by atoms with Crippen LogP contribution in [0.5, 0.6) is 5.75 Å². The Labute approximate surface area is 248 Å². The molecule has 3 aromatic carbocycles. The molecule has 1 amide bonds. The Morgan fingerprint density at radius 1 is 1.07 bits per heavy atom. The van der Waals surface area contributed by atoms with Gasteiger partial charge in [0.1, 0.15) is 5.75 Å². The number of aryl methyl sites for hydroxylation is 2. The Morgan fingerprint density at radius 3 is 2.38 bits per heavy atom. The summed E-state index contributed by atoms with van der Waals surface area (Å²) in [6.07, 6.45) is 2.84. The van der Waals surface area contributed by atoms with E-state index < -0.39 is 5.97 Å². The molecule has 0 aliphatic carbocycles. The number of aliphatic carboxylic acids is 1. The van der Waals surface area contributed by atoms with Crippen LogP contribution in [0.15, 0.2) is 66.7 Å². The van der Waals surface area contributed by atoms with E-state index in [1.807, 2.05) is 68.4 Å². The van der Waals surface area contributed by atoms with Crippen LogP contribution < -0.4 is 15.0 Å². The molecular weight excluding hydrogens is 528 g/mol. The van der Waals surface area contributed by atoms with E-state index in [-0.39, 0.29) is 12.5 Å². The number of carbonyl (C=O) groups is 2. The first kappa shape index (κ1) is 30.6. The van der Waals surface area contributed by atoms with Gasteiger partial charge in [-0.3, -0.25) is 4.79 Å². The predicted molar refractivity (Wildman–Crippen MR) is 164 cm³/mol. The zero-order chi connectivity index (χ0) is 30.1. The first-order valence-electron chi connectivity index (χ1n) is 14.5. The van der Waals surface area contributed by atoms with Gasteiger partial charge in [0, 0.05) is 49.5 Å². The van der Waals surface area contributed by atoms with Crippen molar-refractivity contribution in [1.82, 2.24) is 10.2 Å². The quantitative estimate of drug-likeness (QED) is 0.305. The first-order valence-corrected chi connectivity index (χ1v) is 14.5. The van der Waals surface area contributed by atoms with Gasteiger partial charge in [-0.2, -0.15) is 5.26 Å². The highest BCUT2D eigenvalue weighted by atomic mass is 16.5. The Morgan fingerprint density at radius 2 is 1.74 bits per heavy atom. The van der Waals surface area contributed by atoms with Crippen molar-refractivity contribution in [2.24, 2.45) is 0 Å². The van der Waals surface area contributed by atoms with Gasteiger partial charge in [-0.25, -0.2) is 4.79 Å². The zero-order valence-electron chi connectivity index (χ0n) is 24.7. The second-order valence-corrected chi connectivity index (χ2v) is 11.0. The minimum Gasteiger partial charge on any atom is -0.482 e. The van der Waals surface area contributed by atoms with Gasteiger partial charge < -0.3 is 25.0 Å². The largest absolute Gasteiger partial charge is 0.482 e. The third-order valence-corrected chi connectivity index (χ3v) is 8.06. The summed E-state index contributed by atoms with van der Waals surface area (Å²) in [6.45, 7) is 8.99. The summed E-state index contributed by atoms with van der Waals surface area (Å²) in [5.41, 5.74) is 5.49. The number of nitrogens with zero attached hydrogens (tertiary/aromatic N) is 3. The third kappa shape index (κ3) is 8.11. The lowest BCUT2D eigenvalue weighted by Crippen LogP contribution is -2.48. The fourth-order valence-electron chi connectivity index (χ4n) is 5.72. The minimum absolute atomic E-state index is 0.00741. The Bertz CT molecular complexity index is 1390. The second kappa shape index (κ2) is 14.5. The van der Waals surface area contributed by atoms with Crippen LogP contribution in [-0.4, -0.2) is 60.2 Å².